The molecule has 7 heteroatoms. The Morgan fingerprint density at radius 2 is 1.88 bits per heavy atom. The van der Waals surface area contributed by atoms with Crippen LogP contribution < -0.4 is 5.32 Å². The van der Waals surface area contributed by atoms with Crippen LogP contribution in [0.5, 0.6) is 0 Å². The zero-order valence-electron chi connectivity index (χ0n) is 10.3. The van der Waals surface area contributed by atoms with Crippen molar-refractivity contribution in [2.45, 2.75) is 13.0 Å². The highest BCUT2D eigenvalue weighted by atomic mass is 35.5. The smallest absolute Gasteiger partial charge is 0.216 e. The van der Waals surface area contributed by atoms with Crippen LogP contribution in [0.25, 0.3) is 0 Å². The summed E-state index contributed by atoms with van der Waals surface area (Å²) in [5, 5.41) is 3.30. The highest BCUT2D eigenvalue weighted by Crippen LogP contribution is 2.28. The van der Waals surface area contributed by atoms with Crippen molar-refractivity contribution in [3.05, 3.63) is 0 Å². The lowest BCUT2D eigenvalue weighted by Crippen LogP contribution is -2.36. The number of ether oxygens (including phenoxy) is 1. The highest BCUT2D eigenvalue weighted by Gasteiger charge is 2.41. The van der Waals surface area contributed by atoms with Crippen molar-refractivity contribution in [3.8, 4) is 0 Å². The van der Waals surface area contributed by atoms with Gasteiger partial charge in [-0.25, -0.2) is 12.7 Å². The molecule has 2 rings (SSSR count). The summed E-state index contributed by atoms with van der Waals surface area (Å²) in [5.41, 5.74) is 0. The standard InChI is InChI=1S/C10H20N2O3S.ClH/c1-8(15-2)7-16(13,14)12-5-9-3-11-4-10(9)6-12;/h8-11H,3-7H2,1-2H3;1H/t8?,9-,10+;. The molecule has 0 aromatic heterocycles. The first kappa shape index (κ1) is 15.2. The molecule has 2 fully saturated rings. The van der Waals surface area contributed by atoms with Crippen molar-refractivity contribution in [1.29, 1.82) is 0 Å². The lowest BCUT2D eigenvalue weighted by atomic mass is 10.0. The van der Waals surface area contributed by atoms with E-state index in [2.05, 4.69) is 5.32 Å². The van der Waals surface area contributed by atoms with E-state index in [1.54, 1.807) is 18.3 Å². The molecule has 0 aromatic rings. The number of nitrogens with zero attached hydrogens (tertiary/aromatic N) is 1. The minimum atomic E-state index is -3.13. The maximum absolute atomic E-state index is 12.1. The molecule has 102 valence electrons. The normalized spacial score (nSPS) is 30.9. The zero-order chi connectivity index (χ0) is 11.8. The molecule has 0 bridgehead atoms. The number of methoxy groups -OCH3 is 1. The maximum atomic E-state index is 12.1. The lowest BCUT2D eigenvalue weighted by molar-refractivity contribution is 0.135. The number of halogens is 1. The Labute approximate surface area is 109 Å². The second-order valence-corrected chi connectivity index (χ2v) is 6.83. The number of hydrogen-bond donors (Lipinski definition) is 1. The molecule has 2 saturated heterocycles. The summed E-state index contributed by atoms with van der Waals surface area (Å²) in [7, 11) is -1.59. The Hall–Kier alpha value is 0.120. The highest BCUT2D eigenvalue weighted by molar-refractivity contribution is 7.89. The van der Waals surface area contributed by atoms with Gasteiger partial charge in [0.25, 0.3) is 0 Å². The molecular weight excluding hydrogens is 264 g/mol. The molecule has 0 spiro atoms. The van der Waals surface area contributed by atoms with Crippen LogP contribution in [0.3, 0.4) is 0 Å². The number of rotatable bonds is 4. The third kappa shape index (κ3) is 3.32. The SMILES string of the molecule is COC(C)CS(=O)(=O)N1C[C@H]2CNC[C@H]2C1.Cl. The van der Waals surface area contributed by atoms with Crippen LogP contribution in [0, 0.1) is 11.8 Å². The lowest BCUT2D eigenvalue weighted by Gasteiger charge is -2.19. The summed E-state index contributed by atoms with van der Waals surface area (Å²) in [6, 6.07) is 0. The van der Waals surface area contributed by atoms with E-state index in [1.807, 2.05) is 0 Å². The van der Waals surface area contributed by atoms with Crippen molar-refractivity contribution < 1.29 is 13.2 Å². The predicted molar refractivity (Wildman–Crippen MR) is 68.9 cm³/mol. The van der Waals surface area contributed by atoms with Crippen LogP contribution >= 0.6 is 12.4 Å². The van der Waals surface area contributed by atoms with Crippen LogP contribution in [-0.4, -0.2) is 57.9 Å². The molecule has 5 nitrogen and oxygen atoms in total. The van der Waals surface area contributed by atoms with Crippen LogP contribution in [0.1, 0.15) is 6.92 Å². The average molecular weight is 285 g/mol. The van der Waals surface area contributed by atoms with E-state index in [4.69, 9.17) is 4.74 Å². The van der Waals surface area contributed by atoms with Crippen molar-refractivity contribution >= 4 is 22.4 Å². The Morgan fingerprint density at radius 3 is 2.35 bits per heavy atom. The van der Waals surface area contributed by atoms with E-state index in [0.717, 1.165) is 13.1 Å². The van der Waals surface area contributed by atoms with E-state index < -0.39 is 10.0 Å². The Bertz CT molecular complexity index is 337. The molecular formula is C10H21ClN2O3S. The topological polar surface area (TPSA) is 58.6 Å². The average Bonchev–Trinajstić information content (AvgIpc) is 2.75. The van der Waals surface area contributed by atoms with Gasteiger partial charge in [-0.1, -0.05) is 0 Å². The molecule has 0 amide bonds. The van der Waals surface area contributed by atoms with Gasteiger partial charge < -0.3 is 10.1 Å². The summed E-state index contributed by atoms with van der Waals surface area (Å²) in [6.07, 6.45) is -0.233. The molecule has 17 heavy (non-hydrogen) atoms. The Morgan fingerprint density at radius 1 is 1.35 bits per heavy atom. The van der Waals surface area contributed by atoms with Crippen molar-refractivity contribution in [2.75, 3.05) is 39.0 Å². The van der Waals surface area contributed by atoms with E-state index in [1.165, 1.54) is 0 Å². The van der Waals surface area contributed by atoms with Crippen LogP contribution in [0.4, 0.5) is 0 Å². The predicted octanol–water partition coefficient (Wildman–Crippen LogP) is -0.0759. The number of nitrogens with one attached hydrogen (secondary N) is 1. The van der Waals surface area contributed by atoms with Gasteiger partial charge in [0.05, 0.1) is 11.9 Å². The second-order valence-electron chi connectivity index (χ2n) is 4.82. The second kappa shape index (κ2) is 5.84. The summed E-state index contributed by atoms with van der Waals surface area (Å²) in [6.45, 7) is 5.05. The first-order chi connectivity index (χ1) is 7.53. The molecule has 0 saturated carbocycles. The van der Waals surface area contributed by atoms with Gasteiger partial charge in [0, 0.05) is 20.2 Å². The fraction of sp³-hybridized carbons (Fsp3) is 1.00. The Kier molecular flexibility index (Phi) is 5.21. The third-order valence-electron chi connectivity index (χ3n) is 3.60. The number of fused-ring (bicyclic) bond motifs is 1. The van der Waals surface area contributed by atoms with Crippen LogP contribution in [-0.2, 0) is 14.8 Å². The minimum Gasteiger partial charge on any atom is -0.381 e. The van der Waals surface area contributed by atoms with Crippen LogP contribution in [0.2, 0.25) is 0 Å². The van der Waals surface area contributed by atoms with Gasteiger partial charge in [0.2, 0.25) is 10.0 Å². The molecule has 0 aliphatic carbocycles. The first-order valence-electron chi connectivity index (χ1n) is 5.74. The molecule has 0 aromatic carbocycles. The quantitative estimate of drug-likeness (QED) is 0.785. The zero-order valence-corrected chi connectivity index (χ0v) is 11.9. The number of sulfonamides is 1. The van der Waals surface area contributed by atoms with Gasteiger partial charge in [0.1, 0.15) is 0 Å². The van der Waals surface area contributed by atoms with Gasteiger partial charge in [-0.15, -0.1) is 12.4 Å². The van der Waals surface area contributed by atoms with Crippen molar-refractivity contribution in [1.82, 2.24) is 9.62 Å². The van der Waals surface area contributed by atoms with E-state index in [0.29, 0.717) is 24.9 Å². The van der Waals surface area contributed by atoms with E-state index in [-0.39, 0.29) is 24.3 Å². The summed E-state index contributed by atoms with van der Waals surface area (Å²) >= 11 is 0. The molecule has 2 aliphatic rings. The molecule has 3 atom stereocenters. The van der Waals surface area contributed by atoms with Gasteiger partial charge in [-0.05, 0) is 31.8 Å². The fourth-order valence-electron chi connectivity index (χ4n) is 2.51. The van der Waals surface area contributed by atoms with Crippen molar-refractivity contribution in [2.24, 2.45) is 11.8 Å². The van der Waals surface area contributed by atoms with Gasteiger partial charge in [-0.3, -0.25) is 0 Å². The molecule has 1 N–H and O–H groups in total. The molecule has 1 unspecified atom stereocenters. The van der Waals surface area contributed by atoms with E-state index in [9.17, 15) is 8.42 Å². The minimum absolute atomic E-state index is 0. The van der Waals surface area contributed by atoms with Crippen molar-refractivity contribution in [3.63, 3.8) is 0 Å². The summed E-state index contributed by atoms with van der Waals surface area (Å²) in [4.78, 5) is 0. The van der Waals surface area contributed by atoms with Gasteiger partial charge >= 0.3 is 0 Å². The first-order valence-corrected chi connectivity index (χ1v) is 7.35. The largest absolute Gasteiger partial charge is 0.381 e. The summed E-state index contributed by atoms with van der Waals surface area (Å²) in [5.74, 6) is 1.11. The van der Waals surface area contributed by atoms with E-state index >= 15 is 0 Å². The number of hydrogen-bond acceptors (Lipinski definition) is 4. The Balaban J connectivity index is 0.00000144. The maximum Gasteiger partial charge on any atom is 0.216 e. The molecule has 2 aliphatic heterocycles. The third-order valence-corrected chi connectivity index (χ3v) is 5.57. The summed E-state index contributed by atoms with van der Waals surface area (Å²) < 4.78 is 30.8. The molecule has 2 heterocycles. The molecule has 0 radical (unpaired) electrons. The monoisotopic (exact) mass is 284 g/mol. The van der Waals surface area contributed by atoms with Crippen LogP contribution in [0.15, 0.2) is 0 Å². The van der Waals surface area contributed by atoms with Gasteiger partial charge in [-0.2, -0.15) is 0 Å². The fourth-order valence-corrected chi connectivity index (χ4v) is 4.29. The van der Waals surface area contributed by atoms with Gasteiger partial charge in [0.15, 0.2) is 0 Å².